The number of halogens is 2. The molecule has 2 aromatic rings. The normalized spacial score (nSPS) is 16.2. The van der Waals surface area contributed by atoms with Crippen LogP contribution in [0.5, 0.6) is 0 Å². The molecule has 0 spiro atoms. The summed E-state index contributed by atoms with van der Waals surface area (Å²) in [7, 11) is 0. The molecule has 104 valence electrons. The lowest BCUT2D eigenvalue weighted by Crippen LogP contribution is -2.22. The van der Waals surface area contributed by atoms with Gasteiger partial charge in [-0.05, 0) is 42.2 Å². The van der Waals surface area contributed by atoms with Gasteiger partial charge in [0.1, 0.15) is 0 Å². The highest BCUT2D eigenvalue weighted by Crippen LogP contribution is 2.36. The van der Waals surface area contributed by atoms with E-state index in [1.807, 2.05) is 30.3 Å². The summed E-state index contributed by atoms with van der Waals surface area (Å²) in [5, 5.41) is 2.64. The Morgan fingerprint density at radius 2 is 2.10 bits per heavy atom. The van der Waals surface area contributed by atoms with Crippen molar-refractivity contribution in [1.82, 2.24) is 5.32 Å². The smallest absolute Gasteiger partial charge is 0.251 e. The number of thiophene rings is 1. The summed E-state index contributed by atoms with van der Waals surface area (Å²) in [5.74, 6) is -0.00701. The lowest BCUT2D eigenvalue weighted by atomic mass is 9.99. The fourth-order valence-corrected chi connectivity index (χ4v) is 3.80. The summed E-state index contributed by atoms with van der Waals surface area (Å²) in [5.41, 5.74) is 2.77. The van der Waals surface area contributed by atoms with Crippen molar-refractivity contribution in [3.05, 3.63) is 56.2 Å². The third-order valence-corrected chi connectivity index (χ3v) is 5.34. The van der Waals surface area contributed by atoms with Gasteiger partial charge in [-0.3, -0.25) is 4.79 Å². The van der Waals surface area contributed by atoms with Crippen molar-refractivity contribution >= 4 is 40.4 Å². The maximum absolute atomic E-state index is 12.0. The molecular formula is C15H13Cl2NOS. The third-order valence-electron chi connectivity index (χ3n) is 3.42. The summed E-state index contributed by atoms with van der Waals surface area (Å²) in [6.07, 6.45) is 1.90. The molecular weight excluding hydrogens is 313 g/mol. The summed E-state index contributed by atoms with van der Waals surface area (Å²) in [6.45, 7) is 0.730. The molecule has 3 rings (SSSR count). The molecule has 1 atom stereocenters. The minimum Gasteiger partial charge on any atom is -0.352 e. The lowest BCUT2D eigenvalue weighted by Gasteiger charge is -2.11. The SMILES string of the molecule is O=C1NCCCc2ccc(C(Cl)c3ccc(Cl)s3)cc21. The maximum atomic E-state index is 12.0. The molecule has 1 aliphatic rings. The van der Waals surface area contributed by atoms with E-state index in [1.54, 1.807) is 0 Å². The number of fused-ring (bicyclic) bond motifs is 1. The van der Waals surface area contributed by atoms with Crippen LogP contribution in [0.4, 0.5) is 0 Å². The van der Waals surface area contributed by atoms with Crippen LogP contribution in [0.25, 0.3) is 0 Å². The molecule has 2 nitrogen and oxygen atoms in total. The summed E-state index contributed by atoms with van der Waals surface area (Å²) >= 11 is 13.9. The van der Waals surface area contributed by atoms with Gasteiger partial charge >= 0.3 is 0 Å². The quantitative estimate of drug-likeness (QED) is 0.814. The summed E-state index contributed by atoms with van der Waals surface area (Å²) < 4.78 is 0.721. The van der Waals surface area contributed by atoms with Crippen molar-refractivity contribution in [3.63, 3.8) is 0 Å². The van der Waals surface area contributed by atoms with Crippen LogP contribution < -0.4 is 5.32 Å². The van der Waals surface area contributed by atoms with Crippen LogP contribution in [0.2, 0.25) is 4.34 Å². The zero-order valence-corrected chi connectivity index (χ0v) is 13.0. The highest BCUT2D eigenvalue weighted by atomic mass is 35.5. The van der Waals surface area contributed by atoms with Crippen LogP contribution in [0.15, 0.2) is 30.3 Å². The fraction of sp³-hybridized carbons (Fsp3) is 0.267. The molecule has 0 saturated carbocycles. The number of hydrogen-bond donors (Lipinski definition) is 1. The topological polar surface area (TPSA) is 29.1 Å². The van der Waals surface area contributed by atoms with E-state index in [0.717, 1.165) is 45.3 Å². The van der Waals surface area contributed by atoms with E-state index < -0.39 is 0 Å². The highest BCUT2D eigenvalue weighted by molar-refractivity contribution is 7.16. The predicted octanol–water partition coefficient (Wildman–Crippen LogP) is 4.41. The molecule has 0 saturated heterocycles. The van der Waals surface area contributed by atoms with E-state index in [0.29, 0.717) is 0 Å². The van der Waals surface area contributed by atoms with Crippen molar-refractivity contribution in [2.45, 2.75) is 18.2 Å². The lowest BCUT2D eigenvalue weighted by molar-refractivity contribution is 0.0956. The van der Waals surface area contributed by atoms with Crippen molar-refractivity contribution in [2.75, 3.05) is 6.54 Å². The van der Waals surface area contributed by atoms with Gasteiger partial charge in [-0.2, -0.15) is 0 Å². The van der Waals surface area contributed by atoms with Crippen LogP contribution in [-0.2, 0) is 6.42 Å². The van der Waals surface area contributed by atoms with E-state index in [4.69, 9.17) is 23.2 Å². The molecule has 0 fully saturated rings. The molecule has 0 bridgehead atoms. The Labute approximate surface area is 131 Å². The van der Waals surface area contributed by atoms with Crippen LogP contribution >= 0.6 is 34.5 Å². The average molecular weight is 326 g/mol. The first-order valence-corrected chi connectivity index (χ1v) is 8.08. The van der Waals surface area contributed by atoms with E-state index in [-0.39, 0.29) is 11.3 Å². The molecule has 1 aromatic carbocycles. The molecule has 1 aromatic heterocycles. The number of aryl methyl sites for hydroxylation is 1. The second-order valence-corrected chi connectivity index (χ2v) is 6.96. The van der Waals surface area contributed by atoms with Crippen LogP contribution in [0.3, 0.4) is 0 Å². The molecule has 1 amide bonds. The Morgan fingerprint density at radius 3 is 2.85 bits per heavy atom. The number of hydrogen-bond acceptors (Lipinski definition) is 2. The minimum atomic E-state index is -0.270. The highest BCUT2D eigenvalue weighted by Gasteiger charge is 2.19. The van der Waals surface area contributed by atoms with E-state index in [1.165, 1.54) is 11.3 Å². The number of carbonyl (C=O) groups excluding carboxylic acids is 1. The minimum absolute atomic E-state index is 0.00701. The van der Waals surface area contributed by atoms with Gasteiger partial charge in [0.05, 0.1) is 9.71 Å². The molecule has 1 aliphatic heterocycles. The summed E-state index contributed by atoms with van der Waals surface area (Å²) in [4.78, 5) is 13.0. The molecule has 5 heteroatoms. The van der Waals surface area contributed by atoms with Gasteiger partial charge in [0.15, 0.2) is 0 Å². The first kappa shape index (κ1) is 13.9. The number of carbonyl (C=O) groups is 1. The van der Waals surface area contributed by atoms with Gasteiger partial charge in [-0.15, -0.1) is 22.9 Å². The van der Waals surface area contributed by atoms with E-state index in [9.17, 15) is 4.79 Å². The Kier molecular flexibility index (Phi) is 4.01. The van der Waals surface area contributed by atoms with Gasteiger partial charge in [0.2, 0.25) is 0 Å². The number of benzene rings is 1. The molecule has 1 unspecified atom stereocenters. The van der Waals surface area contributed by atoms with Crippen molar-refractivity contribution < 1.29 is 4.79 Å². The maximum Gasteiger partial charge on any atom is 0.251 e. The number of alkyl halides is 1. The van der Waals surface area contributed by atoms with Crippen molar-refractivity contribution in [2.24, 2.45) is 0 Å². The van der Waals surface area contributed by atoms with Gasteiger partial charge in [-0.1, -0.05) is 23.7 Å². The average Bonchev–Trinajstić information content (AvgIpc) is 2.80. The van der Waals surface area contributed by atoms with E-state index in [2.05, 4.69) is 5.32 Å². The Bertz CT molecular complexity index is 653. The largest absolute Gasteiger partial charge is 0.352 e. The molecule has 0 aliphatic carbocycles. The fourth-order valence-electron chi connectivity index (χ4n) is 2.39. The summed E-state index contributed by atoms with van der Waals surface area (Å²) in [6, 6.07) is 9.69. The van der Waals surface area contributed by atoms with E-state index >= 15 is 0 Å². The van der Waals surface area contributed by atoms with Crippen LogP contribution in [0, 0.1) is 0 Å². The van der Waals surface area contributed by atoms with Crippen LogP contribution in [0.1, 0.15) is 38.2 Å². The van der Waals surface area contributed by atoms with Gasteiger partial charge in [0.25, 0.3) is 5.91 Å². The molecule has 2 heterocycles. The Hall–Kier alpha value is -1.03. The standard InChI is InChI=1S/C15H13Cl2NOS/c16-13-6-5-12(20-13)14(17)10-4-3-9-2-1-7-18-15(19)11(9)8-10/h3-6,8,14H,1-2,7H2,(H,18,19). The van der Waals surface area contributed by atoms with Gasteiger partial charge in [0, 0.05) is 17.0 Å². The van der Waals surface area contributed by atoms with Crippen LogP contribution in [-0.4, -0.2) is 12.5 Å². The monoisotopic (exact) mass is 325 g/mol. The van der Waals surface area contributed by atoms with Crippen molar-refractivity contribution in [3.8, 4) is 0 Å². The second-order valence-electron chi connectivity index (χ2n) is 4.78. The third kappa shape index (κ3) is 2.71. The predicted molar refractivity (Wildman–Crippen MR) is 84.1 cm³/mol. The number of nitrogens with one attached hydrogen (secondary N) is 1. The number of amides is 1. The van der Waals surface area contributed by atoms with Crippen molar-refractivity contribution in [1.29, 1.82) is 0 Å². The number of rotatable bonds is 2. The first-order chi connectivity index (χ1) is 9.65. The second kappa shape index (κ2) is 5.76. The first-order valence-electron chi connectivity index (χ1n) is 6.45. The van der Waals surface area contributed by atoms with Gasteiger partial charge in [-0.25, -0.2) is 0 Å². The molecule has 0 radical (unpaired) electrons. The zero-order valence-electron chi connectivity index (χ0n) is 10.7. The Balaban J connectivity index is 1.97. The Morgan fingerprint density at radius 1 is 1.25 bits per heavy atom. The molecule has 1 N–H and O–H groups in total. The van der Waals surface area contributed by atoms with Gasteiger partial charge < -0.3 is 5.32 Å². The molecule has 20 heavy (non-hydrogen) atoms. The zero-order chi connectivity index (χ0) is 14.1.